The van der Waals surface area contributed by atoms with E-state index in [0.29, 0.717) is 18.4 Å². The van der Waals surface area contributed by atoms with Crippen molar-refractivity contribution in [2.24, 2.45) is 0 Å². The van der Waals surface area contributed by atoms with Crippen molar-refractivity contribution < 1.29 is 4.74 Å². The largest absolute Gasteiger partial charge is 0.458 e. The highest BCUT2D eigenvalue weighted by atomic mass is 32.1. The second-order valence-electron chi connectivity index (χ2n) is 3.27. The number of rotatable bonds is 5. The zero-order valence-corrected chi connectivity index (χ0v) is 10.1. The van der Waals surface area contributed by atoms with E-state index in [-0.39, 0.29) is 0 Å². The molecule has 4 nitrogen and oxygen atoms in total. The van der Waals surface area contributed by atoms with Gasteiger partial charge in [-0.2, -0.15) is 17.6 Å². The van der Waals surface area contributed by atoms with Gasteiger partial charge in [0.05, 0.1) is 5.69 Å². The molecule has 0 fully saturated rings. The number of hydrogen-bond acceptors (Lipinski definition) is 4. The van der Waals surface area contributed by atoms with E-state index in [1.165, 1.54) is 0 Å². The third kappa shape index (κ3) is 3.35. The van der Waals surface area contributed by atoms with Crippen LogP contribution in [0.3, 0.4) is 0 Å². The summed E-state index contributed by atoms with van der Waals surface area (Å²) in [5.41, 5.74) is 0.959. The Morgan fingerprint density at radius 2 is 2.06 bits per heavy atom. The second kappa shape index (κ2) is 6.10. The van der Waals surface area contributed by atoms with Gasteiger partial charge in [-0.1, -0.05) is 30.4 Å². The van der Waals surface area contributed by atoms with Gasteiger partial charge in [0.1, 0.15) is 12.9 Å². The summed E-state index contributed by atoms with van der Waals surface area (Å²) in [5, 5.41) is 4.21. The standard InChI is InChI=1S/C12H13N3OS/c17-9-5-4-8-16-12-13-10-15(14-12)11-6-2-1-3-7-11/h1-7,10,17H,8-9H2/b5-4+. The van der Waals surface area contributed by atoms with Gasteiger partial charge in [-0.05, 0) is 12.1 Å². The van der Waals surface area contributed by atoms with Gasteiger partial charge < -0.3 is 4.74 Å². The number of nitrogens with zero attached hydrogens (tertiary/aromatic N) is 3. The lowest BCUT2D eigenvalue weighted by molar-refractivity contribution is 0.333. The maximum Gasteiger partial charge on any atom is 0.336 e. The highest BCUT2D eigenvalue weighted by Gasteiger charge is 2.01. The van der Waals surface area contributed by atoms with Crippen LogP contribution in [0.15, 0.2) is 48.8 Å². The van der Waals surface area contributed by atoms with Gasteiger partial charge in [-0.15, -0.1) is 5.10 Å². The van der Waals surface area contributed by atoms with E-state index < -0.39 is 0 Å². The Morgan fingerprint density at radius 1 is 1.24 bits per heavy atom. The van der Waals surface area contributed by atoms with Gasteiger partial charge in [0, 0.05) is 5.75 Å². The Balaban J connectivity index is 1.99. The third-order valence-corrected chi connectivity index (χ3v) is 2.28. The Labute approximate surface area is 105 Å². The molecule has 0 spiro atoms. The summed E-state index contributed by atoms with van der Waals surface area (Å²) >= 11 is 4.05. The van der Waals surface area contributed by atoms with Crippen molar-refractivity contribution in [2.45, 2.75) is 0 Å². The first-order valence-corrected chi connectivity index (χ1v) is 5.89. The molecule has 0 unspecified atom stereocenters. The second-order valence-corrected chi connectivity index (χ2v) is 3.64. The van der Waals surface area contributed by atoms with Crippen molar-refractivity contribution in [1.29, 1.82) is 0 Å². The topological polar surface area (TPSA) is 39.9 Å². The average molecular weight is 247 g/mol. The summed E-state index contributed by atoms with van der Waals surface area (Å²) in [5.74, 6) is 0.704. The molecule has 0 N–H and O–H groups in total. The molecular weight excluding hydrogens is 234 g/mol. The van der Waals surface area contributed by atoms with E-state index in [2.05, 4.69) is 22.7 Å². The molecule has 0 amide bonds. The van der Waals surface area contributed by atoms with Gasteiger partial charge in [0.25, 0.3) is 0 Å². The zero-order chi connectivity index (χ0) is 11.9. The first-order valence-electron chi connectivity index (χ1n) is 5.26. The minimum absolute atomic E-state index is 0.373. The minimum Gasteiger partial charge on any atom is -0.458 e. The molecule has 0 bridgehead atoms. The van der Waals surface area contributed by atoms with Crippen molar-refractivity contribution in [1.82, 2.24) is 14.8 Å². The van der Waals surface area contributed by atoms with Crippen molar-refractivity contribution in [3.8, 4) is 11.7 Å². The summed E-state index contributed by atoms with van der Waals surface area (Å²) in [4.78, 5) is 4.07. The summed E-state index contributed by atoms with van der Waals surface area (Å²) in [6, 6.07) is 10.1. The van der Waals surface area contributed by atoms with Crippen molar-refractivity contribution in [3.05, 3.63) is 48.8 Å². The van der Waals surface area contributed by atoms with Gasteiger partial charge in [-0.25, -0.2) is 4.68 Å². The van der Waals surface area contributed by atoms with E-state index in [1.54, 1.807) is 11.0 Å². The highest BCUT2D eigenvalue weighted by molar-refractivity contribution is 7.80. The van der Waals surface area contributed by atoms with Gasteiger partial charge in [0.15, 0.2) is 0 Å². The summed E-state index contributed by atoms with van der Waals surface area (Å²) in [6.45, 7) is 0.458. The average Bonchev–Trinajstić information content (AvgIpc) is 2.85. The maximum atomic E-state index is 5.35. The van der Waals surface area contributed by atoms with E-state index in [9.17, 15) is 0 Å². The lowest BCUT2D eigenvalue weighted by Crippen LogP contribution is -1.98. The first kappa shape index (κ1) is 11.7. The predicted octanol–water partition coefficient (Wildman–Crippen LogP) is 2.13. The molecule has 2 aromatic rings. The van der Waals surface area contributed by atoms with Crippen LogP contribution in [0, 0.1) is 0 Å². The van der Waals surface area contributed by atoms with Crippen molar-refractivity contribution in [3.63, 3.8) is 0 Å². The molecule has 88 valence electrons. The van der Waals surface area contributed by atoms with E-state index in [4.69, 9.17) is 4.74 Å². The normalized spacial score (nSPS) is 10.9. The Morgan fingerprint density at radius 3 is 2.82 bits per heavy atom. The molecule has 0 atom stereocenters. The molecule has 17 heavy (non-hydrogen) atoms. The molecule has 1 aromatic carbocycles. The number of hydrogen-bond donors (Lipinski definition) is 1. The van der Waals surface area contributed by atoms with E-state index >= 15 is 0 Å². The predicted molar refractivity (Wildman–Crippen MR) is 69.8 cm³/mol. The molecule has 0 saturated carbocycles. The van der Waals surface area contributed by atoms with Gasteiger partial charge in [-0.3, -0.25) is 0 Å². The molecule has 1 aromatic heterocycles. The summed E-state index contributed by atoms with van der Waals surface area (Å²) < 4.78 is 7.02. The van der Waals surface area contributed by atoms with Crippen LogP contribution in [0.2, 0.25) is 0 Å². The summed E-state index contributed by atoms with van der Waals surface area (Å²) in [7, 11) is 0. The van der Waals surface area contributed by atoms with Gasteiger partial charge >= 0.3 is 6.01 Å². The Bertz CT molecular complexity index is 482. The Hall–Kier alpha value is -1.75. The number of aromatic nitrogens is 3. The molecular formula is C12H13N3OS. The number of thiol groups is 1. The highest BCUT2D eigenvalue weighted by Crippen LogP contribution is 2.07. The van der Waals surface area contributed by atoms with Crippen LogP contribution >= 0.6 is 12.6 Å². The number of benzene rings is 1. The molecule has 0 radical (unpaired) electrons. The maximum absolute atomic E-state index is 5.35. The fraction of sp³-hybridized carbons (Fsp3) is 0.167. The van der Waals surface area contributed by atoms with E-state index in [0.717, 1.165) is 5.69 Å². The lowest BCUT2D eigenvalue weighted by Gasteiger charge is -1.98. The molecule has 0 aliphatic rings. The smallest absolute Gasteiger partial charge is 0.336 e. The van der Waals surface area contributed by atoms with E-state index in [1.807, 2.05) is 42.5 Å². The fourth-order valence-electron chi connectivity index (χ4n) is 1.28. The molecule has 1 heterocycles. The molecule has 2 rings (SSSR count). The monoisotopic (exact) mass is 247 g/mol. The Kier molecular flexibility index (Phi) is 4.21. The quantitative estimate of drug-likeness (QED) is 0.650. The molecule has 0 aliphatic heterocycles. The molecule has 0 saturated heterocycles. The van der Waals surface area contributed by atoms with Crippen LogP contribution in [-0.4, -0.2) is 27.1 Å². The molecule has 0 aliphatic carbocycles. The van der Waals surface area contributed by atoms with Crippen LogP contribution in [0.1, 0.15) is 0 Å². The van der Waals surface area contributed by atoms with Crippen LogP contribution in [0.25, 0.3) is 5.69 Å². The van der Waals surface area contributed by atoms with Crippen LogP contribution < -0.4 is 4.74 Å². The fourth-order valence-corrected chi connectivity index (χ4v) is 1.43. The zero-order valence-electron chi connectivity index (χ0n) is 9.23. The van der Waals surface area contributed by atoms with Crippen LogP contribution in [-0.2, 0) is 0 Å². The number of ether oxygens (including phenoxy) is 1. The van der Waals surface area contributed by atoms with Crippen LogP contribution in [0.5, 0.6) is 6.01 Å². The number of para-hydroxylation sites is 1. The minimum atomic E-state index is 0.373. The third-order valence-electron chi connectivity index (χ3n) is 2.07. The van der Waals surface area contributed by atoms with Crippen molar-refractivity contribution >= 4 is 12.6 Å². The van der Waals surface area contributed by atoms with Crippen LogP contribution in [0.4, 0.5) is 0 Å². The molecule has 5 heteroatoms. The lowest BCUT2D eigenvalue weighted by atomic mass is 10.3. The SMILES string of the molecule is SC/C=C/COc1ncn(-c2ccccc2)n1. The summed E-state index contributed by atoms with van der Waals surface area (Å²) in [6.07, 6.45) is 5.43. The van der Waals surface area contributed by atoms with Gasteiger partial charge in [0.2, 0.25) is 0 Å². The van der Waals surface area contributed by atoms with Crippen molar-refractivity contribution in [2.75, 3.05) is 12.4 Å². The first-order chi connectivity index (χ1) is 8.40.